The summed E-state index contributed by atoms with van der Waals surface area (Å²) in [5, 5.41) is 15.5. The Hall–Kier alpha value is -2.45. The summed E-state index contributed by atoms with van der Waals surface area (Å²) in [7, 11) is -3.74. The Balaban J connectivity index is 2.16. The van der Waals surface area contributed by atoms with Gasteiger partial charge in [-0.1, -0.05) is 0 Å². The maximum atomic E-state index is 11.1. The molecule has 0 aliphatic heterocycles. The van der Waals surface area contributed by atoms with Gasteiger partial charge in [-0.2, -0.15) is 0 Å². The Morgan fingerprint density at radius 1 is 0.950 bits per heavy atom. The summed E-state index contributed by atoms with van der Waals surface area (Å²) in [5.41, 5.74) is -0.0399. The average Bonchev–Trinajstić information content (AvgIpc) is 2.39. The number of hydrogen-bond donors (Lipinski definition) is 1. The number of primary sulfonamides is 1. The molecule has 0 unspecified atom stereocenters. The van der Waals surface area contributed by atoms with E-state index in [0.717, 1.165) is 0 Å². The number of nitrogens with zero attached hydrogens (tertiary/aromatic N) is 1. The van der Waals surface area contributed by atoms with Crippen molar-refractivity contribution < 1.29 is 18.1 Å². The number of non-ortho nitro benzene ring substituents is 1. The zero-order valence-electron chi connectivity index (χ0n) is 10.1. The van der Waals surface area contributed by atoms with E-state index in [-0.39, 0.29) is 10.6 Å². The van der Waals surface area contributed by atoms with E-state index in [9.17, 15) is 18.5 Å². The van der Waals surface area contributed by atoms with Crippen LogP contribution in [0.5, 0.6) is 11.5 Å². The third kappa shape index (κ3) is 3.31. The van der Waals surface area contributed by atoms with Crippen molar-refractivity contribution in [3.63, 3.8) is 0 Å². The van der Waals surface area contributed by atoms with Gasteiger partial charge in [-0.3, -0.25) is 10.1 Å². The molecule has 0 atom stereocenters. The molecule has 0 saturated heterocycles. The second-order valence-electron chi connectivity index (χ2n) is 3.87. The summed E-state index contributed by atoms with van der Waals surface area (Å²) in [4.78, 5) is 9.97. The van der Waals surface area contributed by atoms with Crippen LogP contribution >= 0.6 is 0 Å². The lowest BCUT2D eigenvalue weighted by Crippen LogP contribution is -2.11. The second-order valence-corrected chi connectivity index (χ2v) is 5.43. The van der Waals surface area contributed by atoms with Crippen LogP contribution in [-0.2, 0) is 10.0 Å². The molecular weight excluding hydrogens is 284 g/mol. The monoisotopic (exact) mass is 294 g/mol. The fourth-order valence-electron chi connectivity index (χ4n) is 1.47. The van der Waals surface area contributed by atoms with Crippen molar-refractivity contribution >= 4 is 15.7 Å². The molecule has 2 N–H and O–H groups in total. The molecule has 0 radical (unpaired) electrons. The third-order valence-corrected chi connectivity index (χ3v) is 3.36. The van der Waals surface area contributed by atoms with Gasteiger partial charge >= 0.3 is 0 Å². The molecule has 0 spiro atoms. The van der Waals surface area contributed by atoms with Gasteiger partial charge < -0.3 is 4.74 Å². The topological polar surface area (TPSA) is 113 Å². The lowest BCUT2D eigenvalue weighted by atomic mass is 10.3. The first-order valence-corrected chi connectivity index (χ1v) is 6.96. The van der Waals surface area contributed by atoms with Crippen molar-refractivity contribution in [2.24, 2.45) is 5.14 Å². The number of sulfonamides is 1. The summed E-state index contributed by atoms with van der Waals surface area (Å²) in [6.45, 7) is 0. The van der Waals surface area contributed by atoms with Crippen LogP contribution in [0.3, 0.4) is 0 Å². The molecule has 104 valence electrons. The van der Waals surface area contributed by atoms with Gasteiger partial charge in [-0.25, -0.2) is 13.6 Å². The Labute approximate surface area is 114 Å². The number of nitro benzene ring substituents is 1. The summed E-state index contributed by atoms with van der Waals surface area (Å²) < 4.78 is 27.6. The van der Waals surface area contributed by atoms with Gasteiger partial charge in [0.2, 0.25) is 10.0 Å². The first kappa shape index (κ1) is 14.0. The van der Waals surface area contributed by atoms with Crippen LogP contribution in [0.2, 0.25) is 0 Å². The second kappa shape index (κ2) is 5.27. The summed E-state index contributed by atoms with van der Waals surface area (Å²) in [6.07, 6.45) is 0. The average molecular weight is 294 g/mol. The van der Waals surface area contributed by atoms with Gasteiger partial charge in [0.1, 0.15) is 11.5 Å². The van der Waals surface area contributed by atoms with Crippen molar-refractivity contribution in [3.05, 3.63) is 58.6 Å². The minimum absolute atomic E-state index is 0.0199. The van der Waals surface area contributed by atoms with Gasteiger partial charge in [-0.05, 0) is 36.4 Å². The van der Waals surface area contributed by atoms with Crippen LogP contribution < -0.4 is 9.88 Å². The Kier molecular flexibility index (Phi) is 3.68. The van der Waals surface area contributed by atoms with Gasteiger partial charge in [0, 0.05) is 12.1 Å². The van der Waals surface area contributed by atoms with Gasteiger partial charge in [0.25, 0.3) is 5.69 Å². The molecule has 2 aromatic carbocycles. The maximum Gasteiger partial charge on any atom is 0.269 e. The lowest BCUT2D eigenvalue weighted by Gasteiger charge is -2.06. The lowest BCUT2D eigenvalue weighted by molar-refractivity contribution is -0.384. The Morgan fingerprint density at radius 3 is 1.80 bits per heavy atom. The Bertz CT molecular complexity index is 723. The summed E-state index contributed by atoms with van der Waals surface area (Å²) in [5.74, 6) is 0.796. The number of rotatable bonds is 4. The standard InChI is InChI=1S/C12H10N2O5S/c13-20(17,18)12-7-5-11(6-8-12)19-10-3-1-9(2-4-10)14(15)16/h1-8H,(H2,13,17,18). The number of benzene rings is 2. The van der Waals surface area contributed by atoms with Gasteiger partial charge in [0.15, 0.2) is 0 Å². The highest BCUT2D eigenvalue weighted by Crippen LogP contribution is 2.24. The molecule has 7 nitrogen and oxygen atoms in total. The van der Waals surface area contributed by atoms with Crippen molar-refractivity contribution in [1.29, 1.82) is 0 Å². The highest BCUT2D eigenvalue weighted by atomic mass is 32.2. The zero-order chi connectivity index (χ0) is 14.8. The molecule has 0 fully saturated rings. The van der Waals surface area contributed by atoms with Crippen LogP contribution in [0, 0.1) is 10.1 Å². The molecule has 0 amide bonds. The van der Waals surface area contributed by atoms with E-state index in [0.29, 0.717) is 11.5 Å². The SMILES string of the molecule is NS(=O)(=O)c1ccc(Oc2ccc([N+](=O)[O-])cc2)cc1. The highest BCUT2D eigenvalue weighted by Gasteiger charge is 2.08. The number of nitro groups is 1. The molecule has 0 bridgehead atoms. The number of nitrogens with two attached hydrogens (primary N) is 1. The van der Waals surface area contributed by atoms with Crippen LogP contribution in [0.25, 0.3) is 0 Å². The molecule has 0 aliphatic rings. The largest absolute Gasteiger partial charge is 0.457 e. The van der Waals surface area contributed by atoms with E-state index in [1.54, 1.807) is 0 Å². The molecule has 0 aliphatic carbocycles. The van der Waals surface area contributed by atoms with Gasteiger partial charge in [-0.15, -0.1) is 0 Å². The highest BCUT2D eigenvalue weighted by molar-refractivity contribution is 7.89. The fraction of sp³-hybridized carbons (Fsp3) is 0. The quantitative estimate of drug-likeness (QED) is 0.684. The number of ether oxygens (including phenoxy) is 1. The molecule has 20 heavy (non-hydrogen) atoms. The molecule has 0 saturated carbocycles. The summed E-state index contributed by atoms with van der Waals surface area (Å²) >= 11 is 0. The van der Waals surface area contributed by atoms with Crippen molar-refractivity contribution in [2.75, 3.05) is 0 Å². The smallest absolute Gasteiger partial charge is 0.269 e. The van der Waals surface area contributed by atoms with Crippen LogP contribution in [-0.4, -0.2) is 13.3 Å². The van der Waals surface area contributed by atoms with E-state index in [1.807, 2.05) is 0 Å². The zero-order valence-corrected chi connectivity index (χ0v) is 10.9. The molecule has 8 heteroatoms. The maximum absolute atomic E-state index is 11.1. The normalized spacial score (nSPS) is 11.1. The summed E-state index contributed by atoms with van der Waals surface area (Å²) in [6, 6.07) is 11.0. The molecule has 0 heterocycles. The molecule has 2 rings (SSSR count). The van der Waals surface area contributed by atoms with E-state index in [4.69, 9.17) is 9.88 Å². The van der Waals surface area contributed by atoms with Gasteiger partial charge in [0.05, 0.1) is 9.82 Å². The minimum atomic E-state index is -3.74. The van der Waals surface area contributed by atoms with E-state index in [1.165, 1.54) is 48.5 Å². The Morgan fingerprint density at radius 2 is 1.40 bits per heavy atom. The van der Waals surface area contributed by atoms with E-state index >= 15 is 0 Å². The first-order chi connectivity index (χ1) is 9.36. The van der Waals surface area contributed by atoms with Crippen molar-refractivity contribution in [1.82, 2.24) is 0 Å². The minimum Gasteiger partial charge on any atom is -0.457 e. The van der Waals surface area contributed by atoms with Crippen molar-refractivity contribution in [2.45, 2.75) is 4.90 Å². The van der Waals surface area contributed by atoms with Crippen LogP contribution in [0.1, 0.15) is 0 Å². The predicted molar refractivity (Wildman–Crippen MR) is 71.0 cm³/mol. The van der Waals surface area contributed by atoms with Crippen LogP contribution in [0.15, 0.2) is 53.4 Å². The predicted octanol–water partition coefficient (Wildman–Crippen LogP) is 2.03. The third-order valence-electron chi connectivity index (χ3n) is 2.44. The molecular formula is C12H10N2O5S. The van der Waals surface area contributed by atoms with Crippen LogP contribution in [0.4, 0.5) is 5.69 Å². The fourth-order valence-corrected chi connectivity index (χ4v) is 1.98. The first-order valence-electron chi connectivity index (χ1n) is 5.41. The number of hydrogen-bond acceptors (Lipinski definition) is 5. The molecule has 2 aromatic rings. The molecule has 0 aromatic heterocycles. The van der Waals surface area contributed by atoms with Crippen molar-refractivity contribution in [3.8, 4) is 11.5 Å². The van der Waals surface area contributed by atoms with E-state index in [2.05, 4.69) is 0 Å². The van der Waals surface area contributed by atoms with E-state index < -0.39 is 14.9 Å².